The summed E-state index contributed by atoms with van der Waals surface area (Å²) in [4.78, 5) is 26.5. The molecule has 1 unspecified atom stereocenters. The van der Waals surface area contributed by atoms with Gasteiger partial charge in [0.2, 0.25) is 0 Å². The van der Waals surface area contributed by atoms with Gasteiger partial charge in [0.25, 0.3) is 0 Å². The van der Waals surface area contributed by atoms with E-state index in [2.05, 4.69) is 52.9 Å². The molecule has 2 aliphatic rings. The quantitative estimate of drug-likeness (QED) is 0.184. The molecule has 8 rings (SSSR count). The van der Waals surface area contributed by atoms with E-state index in [1.54, 1.807) is 44.1 Å². The molecule has 0 radical (unpaired) electrons. The first kappa shape index (κ1) is 30.0. The van der Waals surface area contributed by atoms with E-state index in [1.165, 1.54) is 16.1 Å². The molecule has 2 aliphatic carbocycles. The predicted molar refractivity (Wildman–Crippen MR) is 178 cm³/mol. The first-order chi connectivity index (χ1) is 22.5. The van der Waals surface area contributed by atoms with Crippen LogP contribution in [0.1, 0.15) is 48.6 Å². The van der Waals surface area contributed by atoms with Crippen molar-refractivity contribution < 1.29 is 14.3 Å². The van der Waals surface area contributed by atoms with Gasteiger partial charge in [0.15, 0.2) is 5.78 Å². The number of aromatic nitrogens is 7. The van der Waals surface area contributed by atoms with E-state index in [-0.39, 0.29) is 10.6 Å². The smallest absolute Gasteiger partial charge is 0.180 e. The summed E-state index contributed by atoms with van der Waals surface area (Å²) >= 11 is 5.14. The van der Waals surface area contributed by atoms with Gasteiger partial charge in [-0.3, -0.25) is 14.2 Å². The number of rotatable bonds is 8. The number of methoxy groups -OCH3 is 2. The minimum atomic E-state index is -0.0948. The normalized spacial score (nSPS) is 14.3. The van der Waals surface area contributed by atoms with Crippen molar-refractivity contribution in [2.24, 2.45) is 0 Å². The van der Waals surface area contributed by atoms with Crippen LogP contribution >= 0.6 is 27.3 Å². The molecule has 0 saturated carbocycles. The second-order valence-corrected chi connectivity index (χ2v) is 13.2. The molecule has 0 saturated heterocycles. The summed E-state index contributed by atoms with van der Waals surface area (Å²) in [5, 5.41) is 9.95. The van der Waals surface area contributed by atoms with Crippen LogP contribution in [0.4, 0.5) is 0 Å². The van der Waals surface area contributed by atoms with Gasteiger partial charge in [-0.2, -0.15) is 10.2 Å². The van der Waals surface area contributed by atoms with E-state index in [9.17, 15) is 4.79 Å². The number of Topliss-reactive ketones (excluding diaryl/α,β-unsaturated/α-hetero) is 1. The third-order valence-corrected chi connectivity index (χ3v) is 9.85. The molecule has 0 spiro atoms. The van der Waals surface area contributed by atoms with Crippen LogP contribution in [0.15, 0.2) is 79.4 Å². The molecule has 6 aromatic rings. The van der Waals surface area contributed by atoms with Gasteiger partial charge in [-0.05, 0) is 41.5 Å². The fourth-order valence-electron chi connectivity index (χ4n) is 5.65. The lowest BCUT2D eigenvalue weighted by Gasteiger charge is -2.07. The van der Waals surface area contributed by atoms with Crippen molar-refractivity contribution in [3.8, 4) is 22.8 Å². The number of carbonyl (C=O) groups excluding carboxylic acids is 1. The van der Waals surface area contributed by atoms with Crippen molar-refractivity contribution in [1.82, 2.24) is 34.5 Å². The number of hydrogen-bond donors (Lipinski definition) is 0. The topological polar surface area (TPSA) is 110 Å². The molecule has 232 valence electrons. The highest BCUT2D eigenvalue weighted by Crippen LogP contribution is 2.40. The zero-order valence-electron chi connectivity index (χ0n) is 25.3. The van der Waals surface area contributed by atoms with Crippen molar-refractivity contribution in [3.05, 3.63) is 123 Å². The monoisotopic (exact) mass is 695 g/mol. The van der Waals surface area contributed by atoms with Crippen LogP contribution in [-0.4, -0.2) is 59.3 Å². The SMILES string of the molecule is COc1ccc(Cn2ncc3c2CC(Br)C3=O)cc1.COc1ccc(Cn2ncc3c2Cc2sc(Cc4ncccn4)nc2-3)cc1. The Hall–Kier alpha value is -4.68. The van der Waals surface area contributed by atoms with Gasteiger partial charge >= 0.3 is 0 Å². The van der Waals surface area contributed by atoms with Gasteiger partial charge in [-0.15, -0.1) is 11.3 Å². The number of thiazole rings is 1. The first-order valence-electron chi connectivity index (χ1n) is 14.8. The zero-order valence-corrected chi connectivity index (χ0v) is 27.7. The van der Waals surface area contributed by atoms with E-state index in [1.807, 2.05) is 53.3 Å². The summed E-state index contributed by atoms with van der Waals surface area (Å²) in [5.74, 6) is 2.65. The average molecular weight is 697 g/mol. The number of halogens is 1. The highest BCUT2D eigenvalue weighted by atomic mass is 79.9. The number of ketones is 1. The molecular weight excluding hydrogens is 666 g/mol. The van der Waals surface area contributed by atoms with Crippen molar-refractivity contribution >= 4 is 33.0 Å². The van der Waals surface area contributed by atoms with Crippen LogP contribution in [0.3, 0.4) is 0 Å². The summed E-state index contributed by atoms with van der Waals surface area (Å²) in [6, 6.07) is 17.8. The molecule has 4 aromatic heterocycles. The van der Waals surface area contributed by atoms with Gasteiger partial charge < -0.3 is 9.47 Å². The van der Waals surface area contributed by atoms with Crippen LogP contribution in [0, 0.1) is 0 Å². The highest BCUT2D eigenvalue weighted by Gasteiger charge is 2.32. The Morgan fingerprint density at radius 1 is 0.848 bits per heavy atom. The van der Waals surface area contributed by atoms with E-state index < -0.39 is 0 Å². The Bertz CT molecular complexity index is 1990. The number of fused-ring (bicyclic) bond motifs is 4. The van der Waals surface area contributed by atoms with Gasteiger partial charge in [-0.1, -0.05) is 40.2 Å². The molecule has 2 aromatic carbocycles. The molecule has 12 heteroatoms. The van der Waals surface area contributed by atoms with Crippen molar-refractivity contribution in [2.75, 3.05) is 14.2 Å². The van der Waals surface area contributed by atoms with Crippen molar-refractivity contribution in [1.29, 1.82) is 0 Å². The van der Waals surface area contributed by atoms with Crippen LogP contribution in [0.5, 0.6) is 11.5 Å². The Labute approximate surface area is 278 Å². The summed E-state index contributed by atoms with van der Waals surface area (Å²) < 4.78 is 14.3. The third-order valence-electron chi connectivity index (χ3n) is 8.06. The van der Waals surface area contributed by atoms with E-state index in [0.717, 1.165) is 63.4 Å². The maximum Gasteiger partial charge on any atom is 0.180 e. The largest absolute Gasteiger partial charge is 0.497 e. The van der Waals surface area contributed by atoms with Gasteiger partial charge in [0.1, 0.15) is 22.3 Å². The summed E-state index contributed by atoms with van der Waals surface area (Å²) in [6.45, 7) is 1.42. The molecular formula is C34H30BrN7O3S. The van der Waals surface area contributed by atoms with Crippen LogP contribution in [-0.2, 0) is 32.4 Å². The Kier molecular flexibility index (Phi) is 8.46. The van der Waals surface area contributed by atoms with Crippen molar-refractivity contribution in [2.45, 2.75) is 37.2 Å². The lowest BCUT2D eigenvalue weighted by Crippen LogP contribution is -2.09. The minimum Gasteiger partial charge on any atom is -0.497 e. The summed E-state index contributed by atoms with van der Waals surface area (Å²) in [7, 11) is 3.33. The van der Waals surface area contributed by atoms with E-state index in [0.29, 0.717) is 19.4 Å². The van der Waals surface area contributed by atoms with E-state index in [4.69, 9.17) is 14.5 Å². The molecule has 0 aliphatic heterocycles. The third kappa shape index (κ3) is 6.10. The number of benzene rings is 2. The predicted octanol–water partition coefficient (Wildman–Crippen LogP) is 5.79. The lowest BCUT2D eigenvalue weighted by molar-refractivity contribution is 0.100. The number of ether oxygens (including phenoxy) is 2. The molecule has 4 heterocycles. The van der Waals surface area contributed by atoms with Gasteiger partial charge in [0, 0.05) is 35.7 Å². The first-order valence-corrected chi connectivity index (χ1v) is 16.5. The molecule has 0 N–H and O–H groups in total. The molecule has 1 atom stereocenters. The Balaban J connectivity index is 0.000000157. The van der Waals surface area contributed by atoms with Crippen LogP contribution < -0.4 is 9.47 Å². The summed E-state index contributed by atoms with van der Waals surface area (Å²) in [6.07, 6.45) is 9.41. The molecule has 10 nitrogen and oxygen atoms in total. The van der Waals surface area contributed by atoms with Crippen molar-refractivity contribution in [3.63, 3.8) is 0 Å². The van der Waals surface area contributed by atoms with Gasteiger partial charge in [-0.25, -0.2) is 15.0 Å². The lowest BCUT2D eigenvalue weighted by atomic mass is 10.2. The maximum atomic E-state index is 11.8. The Morgan fingerprint density at radius 3 is 2.04 bits per heavy atom. The van der Waals surface area contributed by atoms with Crippen LogP contribution in [0.2, 0.25) is 0 Å². The highest BCUT2D eigenvalue weighted by molar-refractivity contribution is 9.10. The number of nitrogens with zero attached hydrogens (tertiary/aromatic N) is 7. The second-order valence-electron chi connectivity index (χ2n) is 11.0. The molecule has 0 fully saturated rings. The summed E-state index contributed by atoms with van der Waals surface area (Å²) in [5.41, 5.74) is 7.56. The number of carbonyl (C=O) groups is 1. The Morgan fingerprint density at radius 2 is 1.43 bits per heavy atom. The fourth-order valence-corrected chi connectivity index (χ4v) is 7.29. The molecule has 46 heavy (non-hydrogen) atoms. The zero-order chi connectivity index (χ0) is 31.6. The minimum absolute atomic E-state index is 0.0948. The van der Waals surface area contributed by atoms with Gasteiger partial charge in [0.05, 0.1) is 73.6 Å². The fraction of sp³-hybridized carbons (Fsp3) is 0.235. The second kappa shape index (κ2) is 13.0. The maximum absolute atomic E-state index is 11.8. The van der Waals surface area contributed by atoms with Crippen LogP contribution in [0.25, 0.3) is 11.3 Å². The average Bonchev–Trinajstić information content (AvgIpc) is 3.89. The standard InChI is InChI=1S/C20H17N5OS.C14H13BrN2O2/c1-26-14-5-3-13(4-6-14)12-25-16-9-17-20(15(16)11-23-25)24-19(27-17)10-18-21-7-2-8-22-18;1-19-10-4-2-9(3-5-10)8-17-13-6-12(15)14(18)11(13)7-16-17/h2-8,11H,9-10,12H2,1H3;2-5,7,12H,6,8H2,1H3. The molecule has 0 bridgehead atoms. The molecule has 0 amide bonds. The van der Waals surface area contributed by atoms with E-state index >= 15 is 0 Å². The number of alkyl halides is 1. The number of hydrogen-bond acceptors (Lipinski definition) is 9.